The lowest BCUT2D eigenvalue weighted by Gasteiger charge is -2.34. The third-order valence-corrected chi connectivity index (χ3v) is 5.23. The van der Waals surface area contributed by atoms with Crippen molar-refractivity contribution in [3.05, 3.63) is 41.5 Å². The molecule has 0 saturated carbocycles. The molecule has 118 valence electrons. The lowest BCUT2D eigenvalue weighted by atomic mass is 10.2. The summed E-state index contributed by atoms with van der Waals surface area (Å²) in [5.74, 6) is -0.0474. The molecule has 3 aromatic heterocycles. The first-order valence-corrected chi connectivity index (χ1v) is 8.40. The van der Waals surface area contributed by atoms with E-state index in [9.17, 15) is 9.18 Å². The number of hydrogen-bond acceptors (Lipinski definition) is 3. The average molecular weight is 329 g/mol. The third kappa shape index (κ3) is 2.63. The van der Waals surface area contributed by atoms with E-state index in [0.29, 0.717) is 0 Å². The van der Waals surface area contributed by atoms with Crippen LogP contribution in [0.15, 0.2) is 36.0 Å². The van der Waals surface area contributed by atoms with Crippen LogP contribution in [0.4, 0.5) is 4.39 Å². The van der Waals surface area contributed by atoms with Gasteiger partial charge in [0, 0.05) is 22.8 Å². The second-order valence-corrected chi connectivity index (χ2v) is 6.87. The summed E-state index contributed by atoms with van der Waals surface area (Å²) >= 11 is 1.69. The number of nitrogens with zero attached hydrogens (tertiary/aromatic N) is 3. The molecule has 0 aromatic carbocycles. The molecule has 1 saturated heterocycles. The van der Waals surface area contributed by atoms with Gasteiger partial charge in [0.05, 0.1) is 24.1 Å². The number of halogens is 1. The number of amides is 1. The third-order valence-electron chi connectivity index (χ3n) is 4.13. The van der Waals surface area contributed by atoms with E-state index in [0.717, 1.165) is 16.6 Å². The largest absolute Gasteiger partial charge is 0.337 e. The van der Waals surface area contributed by atoms with Gasteiger partial charge in [-0.3, -0.25) is 9.78 Å². The predicted octanol–water partition coefficient (Wildman–Crippen LogP) is 3.25. The number of alkyl halides is 1. The molecule has 4 heterocycles. The highest BCUT2D eigenvalue weighted by Gasteiger charge is 2.30. The zero-order valence-electron chi connectivity index (χ0n) is 12.7. The Bertz CT molecular complexity index is 879. The number of thiophene rings is 1. The molecule has 6 heteroatoms. The number of carbonyl (C=O) groups excluding carboxylic acids is 1. The summed E-state index contributed by atoms with van der Waals surface area (Å²) in [4.78, 5) is 19.4. The van der Waals surface area contributed by atoms with Gasteiger partial charge in [0.15, 0.2) is 0 Å². The summed E-state index contributed by atoms with van der Waals surface area (Å²) in [5.41, 5.74) is 4.08. The van der Waals surface area contributed by atoms with E-state index < -0.39 is 6.17 Å². The maximum absolute atomic E-state index is 12.9. The molecule has 0 N–H and O–H groups in total. The normalized spacial score (nSPS) is 15.1. The Morgan fingerprint density at radius 3 is 2.96 bits per heavy atom. The van der Waals surface area contributed by atoms with Crippen LogP contribution in [-0.2, 0) is 11.3 Å². The van der Waals surface area contributed by atoms with Crippen molar-refractivity contribution < 1.29 is 9.18 Å². The fraction of sp³-hybridized carbons (Fsp3) is 0.294. The zero-order valence-corrected chi connectivity index (χ0v) is 13.5. The summed E-state index contributed by atoms with van der Waals surface area (Å²) in [6, 6.07) is 6.10. The summed E-state index contributed by atoms with van der Waals surface area (Å²) in [6.07, 6.45) is 2.87. The summed E-state index contributed by atoms with van der Waals surface area (Å²) in [5, 5.41) is 2.11. The second-order valence-electron chi connectivity index (χ2n) is 5.96. The van der Waals surface area contributed by atoms with Gasteiger partial charge in [-0.1, -0.05) is 0 Å². The number of rotatable bonds is 3. The summed E-state index contributed by atoms with van der Waals surface area (Å²) in [7, 11) is 0. The number of carbonyl (C=O) groups is 1. The summed E-state index contributed by atoms with van der Waals surface area (Å²) < 4.78 is 14.8. The van der Waals surface area contributed by atoms with E-state index in [2.05, 4.69) is 29.4 Å². The number of likely N-dealkylation sites (tertiary alicyclic amines) is 1. The minimum atomic E-state index is -0.865. The topological polar surface area (TPSA) is 38.1 Å². The highest BCUT2D eigenvalue weighted by atomic mass is 32.1. The van der Waals surface area contributed by atoms with Gasteiger partial charge in [0.1, 0.15) is 12.7 Å². The summed E-state index contributed by atoms with van der Waals surface area (Å²) in [6.45, 7) is 2.73. The molecule has 1 aliphatic heterocycles. The molecule has 0 spiro atoms. The number of hydrogen-bond donors (Lipinski definition) is 0. The molecule has 0 atom stereocenters. The quantitative estimate of drug-likeness (QED) is 0.740. The first-order chi connectivity index (χ1) is 11.1. The van der Waals surface area contributed by atoms with Gasteiger partial charge in [0.25, 0.3) is 0 Å². The van der Waals surface area contributed by atoms with Gasteiger partial charge in [-0.15, -0.1) is 11.3 Å². The van der Waals surface area contributed by atoms with Crippen molar-refractivity contribution >= 4 is 28.3 Å². The molecule has 4 rings (SSSR count). The fourth-order valence-electron chi connectivity index (χ4n) is 2.79. The zero-order chi connectivity index (χ0) is 16.0. The number of aromatic nitrogens is 2. The van der Waals surface area contributed by atoms with Crippen molar-refractivity contribution in [1.29, 1.82) is 0 Å². The van der Waals surface area contributed by atoms with Crippen LogP contribution in [0.5, 0.6) is 0 Å². The maximum atomic E-state index is 12.9. The van der Waals surface area contributed by atoms with Crippen LogP contribution < -0.4 is 0 Å². The van der Waals surface area contributed by atoms with Crippen molar-refractivity contribution in [2.75, 3.05) is 13.1 Å². The van der Waals surface area contributed by atoms with Crippen LogP contribution in [0.25, 0.3) is 21.5 Å². The molecule has 1 fully saturated rings. The van der Waals surface area contributed by atoms with Gasteiger partial charge < -0.3 is 9.47 Å². The van der Waals surface area contributed by atoms with Crippen molar-refractivity contribution in [2.24, 2.45) is 0 Å². The van der Waals surface area contributed by atoms with Crippen LogP contribution in [0, 0.1) is 6.92 Å². The van der Waals surface area contributed by atoms with E-state index in [1.807, 2.05) is 23.0 Å². The Hall–Kier alpha value is -2.21. The molecule has 0 unspecified atom stereocenters. The molecule has 0 radical (unpaired) electrons. The van der Waals surface area contributed by atoms with Crippen LogP contribution in [0.2, 0.25) is 0 Å². The van der Waals surface area contributed by atoms with E-state index in [1.165, 1.54) is 10.4 Å². The van der Waals surface area contributed by atoms with Crippen molar-refractivity contribution in [3.63, 3.8) is 0 Å². The average Bonchev–Trinajstić information content (AvgIpc) is 3.10. The molecular formula is C17H16FN3OS. The monoisotopic (exact) mass is 329 g/mol. The Labute approximate surface area is 137 Å². The van der Waals surface area contributed by atoms with Gasteiger partial charge in [-0.25, -0.2) is 4.39 Å². The molecule has 23 heavy (non-hydrogen) atoms. The minimum Gasteiger partial charge on any atom is -0.337 e. The van der Waals surface area contributed by atoms with E-state index in [-0.39, 0.29) is 25.5 Å². The van der Waals surface area contributed by atoms with Gasteiger partial charge in [-0.05, 0) is 36.1 Å². The maximum Gasteiger partial charge on any atom is 0.242 e. The smallest absolute Gasteiger partial charge is 0.242 e. The number of aryl methyl sites for hydroxylation is 1. The molecule has 4 nitrogen and oxygen atoms in total. The van der Waals surface area contributed by atoms with Gasteiger partial charge >= 0.3 is 0 Å². The molecule has 0 bridgehead atoms. The predicted molar refractivity (Wildman–Crippen MR) is 89.3 cm³/mol. The van der Waals surface area contributed by atoms with E-state index in [4.69, 9.17) is 0 Å². The second kappa shape index (κ2) is 5.45. The van der Waals surface area contributed by atoms with Crippen LogP contribution >= 0.6 is 11.3 Å². The Morgan fingerprint density at radius 1 is 1.43 bits per heavy atom. The Balaban J connectivity index is 1.63. The highest BCUT2D eigenvalue weighted by molar-refractivity contribution is 7.13. The molecule has 0 aliphatic carbocycles. The highest BCUT2D eigenvalue weighted by Crippen LogP contribution is 2.29. The lowest BCUT2D eigenvalue weighted by Crippen LogP contribution is -2.52. The Morgan fingerprint density at radius 2 is 2.26 bits per heavy atom. The van der Waals surface area contributed by atoms with Gasteiger partial charge in [-0.2, -0.15) is 0 Å². The molecular weight excluding hydrogens is 313 g/mol. The standard InChI is InChI=1S/C17H16FN3OS/c1-11-4-16(23-10-11)12-5-15-14(19-6-12)2-3-20(15)9-17(22)21-7-13(18)8-21/h2-6,10,13H,7-9H2,1H3. The minimum absolute atomic E-state index is 0.0474. The molecule has 1 aliphatic rings. The molecule has 3 aromatic rings. The fourth-order valence-corrected chi connectivity index (χ4v) is 3.68. The number of fused-ring (bicyclic) bond motifs is 1. The lowest BCUT2D eigenvalue weighted by molar-refractivity contribution is -0.138. The first-order valence-electron chi connectivity index (χ1n) is 7.52. The van der Waals surface area contributed by atoms with Gasteiger partial charge in [0.2, 0.25) is 5.91 Å². The van der Waals surface area contributed by atoms with E-state index in [1.54, 1.807) is 16.2 Å². The van der Waals surface area contributed by atoms with Crippen LogP contribution in [0.1, 0.15) is 5.56 Å². The first kappa shape index (κ1) is 14.4. The van der Waals surface area contributed by atoms with Crippen molar-refractivity contribution in [3.8, 4) is 10.4 Å². The van der Waals surface area contributed by atoms with Crippen molar-refractivity contribution in [1.82, 2.24) is 14.5 Å². The molecule has 1 amide bonds. The van der Waals surface area contributed by atoms with Crippen LogP contribution in [0.3, 0.4) is 0 Å². The van der Waals surface area contributed by atoms with E-state index >= 15 is 0 Å². The van der Waals surface area contributed by atoms with Crippen LogP contribution in [-0.4, -0.2) is 39.6 Å². The van der Waals surface area contributed by atoms with Crippen molar-refractivity contribution in [2.45, 2.75) is 19.6 Å². The number of pyridine rings is 1. The SMILES string of the molecule is Cc1csc(-c2cnc3ccn(CC(=O)N4CC(F)C4)c3c2)c1. The Kier molecular flexibility index (Phi) is 3.41.